The third kappa shape index (κ3) is 4.33. The zero-order valence-electron chi connectivity index (χ0n) is 21.4. The number of fused-ring (bicyclic) bond motifs is 1. The second kappa shape index (κ2) is 9.03. The quantitative estimate of drug-likeness (QED) is 0.348. The molecule has 190 valence electrons. The summed E-state index contributed by atoms with van der Waals surface area (Å²) in [6.45, 7) is 8.52. The number of rotatable bonds is 5. The van der Waals surface area contributed by atoms with Crippen LogP contribution < -0.4 is 21.8 Å². The molecule has 0 aliphatic heterocycles. The van der Waals surface area contributed by atoms with E-state index in [0.717, 1.165) is 29.5 Å². The van der Waals surface area contributed by atoms with Crippen LogP contribution in [0.2, 0.25) is 0 Å². The van der Waals surface area contributed by atoms with E-state index in [9.17, 15) is 18.8 Å². The van der Waals surface area contributed by atoms with Crippen molar-refractivity contribution in [2.45, 2.75) is 53.5 Å². The fraction of sp³-hybridized carbons (Fsp3) is 0.276. The predicted molar refractivity (Wildman–Crippen MR) is 143 cm³/mol. The minimum absolute atomic E-state index is 0.0330. The van der Waals surface area contributed by atoms with Crippen molar-refractivity contribution in [1.29, 1.82) is 0 Å². The molecule has 5 rings (SSSR count). The molecule has 0 radical (unpaired) electrons. The first-order chi connectivity index (χ1) is 17.6. The molecular weight excluding hydrogens is 473 g/mol. The van der Waals surface area contributed by atoms with Gasteiger partial charge < -0.3 is 19.6 Å². The van der Waals surface area contributed by atoms with Gasteiger partial charge in [0.25, 0.3) is 5.56 Å². The molecule has 1 aliphatic rings. The molecule has 4 aromatic rings. The summed E-state index contributed by atoms with van der Waals surface area (Å²) in [6.07, 6.45) is 1.73. The molecule has 1 aliphatic carbocycles. The van der Waals surface area contributed by atoms with E-state index >= 15 is 0 Å². The molecule has 2 heterocycles. The van der Waals surface area contributed by atoms with Gasteiger partial charge in [-0.15, -0.1) is 0 Å². The first kappa shape index (κ1) is 24.5. The van der Waals surface area contributed by atoms with Gasteiger partial charge in [0.1, 0.15) is 11.2 Å². The number of aromatic nitrogens is 1. The molecule has 0 spiro atoms. The van der Waals surface area contributed by atoms with E-state index in [2.05, 4.69) is 10.6 Å². The molecule has 7 nitrogen and oxygen atoms in total. The Morgan fingerprint density at radius 2 is 1.78 bits per heavy atom. The van der Waals surface area contributed by atoms with Crippen LogP contribution in [-0.2, 0) is 4.79 Å². The van der Waals surface area contributed by atoms with Gasteiger partial charge in [0.05, 0.1) is 16.9 Å². The molecule has 0 saturated heterocycles. The Morgan fingerprint density at radius 1 is 1.05 bits per heavy atom. The largest absolute Gasteiger partial charge is 0.421 e. The topological polar surface area (TPSA) is 93.3 Å². The molecule has 2 N–H and O–H groups in total. The van der Waals surface area contributed by atoms with Crippen molar-refractivity contribution < 1.29 is 13.6 Å². The first-order valence-corrected chi connectivity index (χ1v) is 12.2. The van der Waals surface area contributed by atoms with Crippen molar-refractivity contribution in [1.82, 2.24) is 4.57 Å². The monoisotopic (exact) mass is 501 g/mol. The lowest BCUT2D eigenvalue weighted by Crippen LogP contribution is -2.25. The Kier molecular flexibility index (Phi) is 5.98. The predicted octanol–water partition coefficient (Wildman–Crippen LogP) is 6.03. The molecular formula is C29H28FN3O4. The zero-order valence-corrected chi connectivity index (χ0v) is 21.4. The molecule has 2 aromatic heterocycles. The average Bonchev–Trinajstić information content (AvgIpc) is 3.65. The lowest BCUT2D eigenvalue weighted by molar-refractivity contribution is -0.114. The summed E-state index contributed by atoms with van der Waals surface area (Å²) in [5.74, 6) is -0.706. The molecule has 0 bridgehead atoms. The summed E-state index contributed by atoms with van der Waals surface area (Å²) in [6, 6.07) is 10.2. The number of carbonyl (C=O) groups is 1. The molecule has 8 heteroatoms. The van der Waals surface area contributed by atoms with Gasteiger partial charge in [0.2, 0.25) is 5.91 Å². The van der Waals surface area contributed by atoms with Gasteiger partial charge in [0.15, 0.2) is 5.58 Å². The van der Waals surface area contributed by atoms with E-state index in [1.54, 1.807) is 36.6 Å². The minimum Gasteiger partial charge on any atom is -0.421 e. The van der Waals surface area contributed by atoms with E-state index in [4.69, 9.17) is 4.42 Å². The van der Waals surface area contributed by atoms with E-state index in [0.29, 0.717) is 16.9 Å². The second-order valence-electron chi connectivity index (χ2n) is 9.78. The summed E-state index contributed by atoms with van der Waals surface area (Å²) >= 11 is 0. The number of pyridine rings is 1. The van der Waals surface area contributed by atoms with E-state index in [1.807, 2.05) is 26.0 Å². The van der Waals surface area contributed by atoms with Crippen LogP contribution in [0.15, 0.2) is 50.4 Å². The van der Waals surface area contributed by atoms with Gasteiger partial charge in [-0.05, 0) is 81.5 Å². The smallest absolute Gasteiger partial charge is 0.341 e. The number of carbonyl (C=O) groups excluding carboxylic acids is 1. The van der Waals surface area contributed by atoms with Crippen molar-refractivity contribution in [3.8, 4) is 11.1 Å². The second-order valence-corrected chi connectivity index (χ2v) is 9.78. The van der Waals surface area contributed by atoms with Crippen LogP contribution in [0.5, 0.6) is 0 Å². The highest BCUT2D eigenvalue weighted by Gasteiger charge is 2.31. The highest BCUT2D eigenvalue weighted by molar-refractivity contribution is 6.02. The van der Waals surface area contributed by atoms with Gasteiger partial charge in [-0.25, -0.2) is 9.18 Å². The van der Waals surface area contributed by atoms with Crippen molar-refractivity contribution in [3.05, 3.63) is 85.4 Å². The van der Waals surface area contributed by atoms with Gasteiger partial charge in [0, 0.05) is 29.9 Å². The molecule has 37 heavy (non-hydrogen) atoms. The summed E-state index contributed by atoms with van der Waals surface area (Å²) in [5.41, 5.74) is 3.98. The van der Waals surface area contributed by atoms with Crippen LogP contribution in [-0.4, -0.2) is 10.5 Å². The zero-order chi connectivity index (χ0) is 26.6. The SMILES string of the molecule is CC(=O)Nc1ccc(C)c(-c2c(C)n(C3CC3)c(=O)c3c(Nc4ccc(C)cc4F)c(C)c(=O)oc23)c1. The molecule has 1 fully saturated rings. The lowest BCUT2D eigenvalue weighted by Gasteiger charge is -2.20. The number of benzene rings is 2. The van der Waals surface area contributed by atoms with Gasteiger partial charge in [-0.3, -0.25) is 9.59 Å². The van der Waals surface area contributed by atoms with Crippen molar-refractivity contribution >= 4 is 33.9 Å². The normalized spacial score (nSPS) is 13.1. The Morgan fingerprint density at radius 3 is 2.43 bits per heavy atom. The Balaban J connectivity index is 1.88. The minimum atomic E-state index is -0.623. The number of hydrogen-bond donors (Lipinski definition) is 2. The van der Waals surface area contributed by atoms with Crippen LogP contribution >= 0.6 is 0 Å². The maximum atomic E-state index is 14.8. The number of hydrogen-bond acceptors (Lipinski definition) is 5. The van der Waals surface area contributed by atoms with Gasteiger partial charge >= 0.3 is 5.63 Å². The highest BCUT2D eigenvalue weighted by atomic mass is 19.1. The van der Waals surface area contributed by atoms with Crippen LogP contribution in [0, 0.1) is 33.5 Å². The van der Waals surface area contributed by atoms with Crippen LogP contribution in [0.3, 0.4) is 0 Å². The average molecular weight is 502 g/mol. The Bertz CT molecular complexity index is 1710. The number of halogens is 1. The van der Waals surface area contributed by atoms with Crippen LogP contribution in [0.25, 0.3) is 22.1 Å². The molecule has 1 saturated carbocycles. The maximum Gasteiger partial charge on any atom is 0.341 e. The molecule has 0 unspecified atom stereocenters. The standard InChI is InChI=1S/C29H28FN3O4/c1-14-6-11-23(22(30)12-14)32-26-16(3)29(36)37-27-24(17(4)33(20-9-10-20)28(35)25(26)27)21-13-19(31-18(5)34)8-7-15(21)2/h6-8,11-13,20,32H,9-10H2,1-5H3,(H,31,34). The summed E-state index contributed by atoms with van der Waals surface area (Å²) < 4.78 is 22.4. The summed E-state index contributed by atoms with van der Waals surface area (Å²) in [4.78, 5) is 38.7. The molecule has 1 amide bonds. The fourth-order valence-corrected chi connectivity index (χ4v) is 4.84. The van der Waals surface area contributed by atoms with E-state index < -0.39 is 11.4 Å². The van der Waals surface area contributed by atoms with Crippen LogP contribution in [0.1, 0.15) is 48.2 Å². The number of nitrogens with one attached hydrogen (secondary N) is 2. The number of anilines is 3. The van der Waals surface area contributed by atoms with Crippen molar-refractivity contribution in [2.75, 3.05) is 10.6 Å². The third-order valence-corrected chi connectivity index (χ3v) is 6.86. The first-order valence-electron chi connectivity index (χ1n) is 12.2. The highest BCUT2D eigenvalue weighted by Crippen LogP contribution is 2.42. The van der Waals surface area contributed by atoms with E-state index in [-0.39, 0.29) is 45.4 Å². The molecule has 0 atom stereocenters. The third-order valence-electron chi connectivity index (χ3n) is 6.86. The van der Waals surface area contributed by atoms with Gasteiger partial charge in [-0.2, -0.15) is 0 Å². The van der Waals surface area contributed by atoms with Crippen LogP contribution in [0.4, 0.5) is 21.5 Å². The number of nitrogens with zero attached hydrogens (tertiary/aromatic N) is 1. The Hall–Kier alpha value is -4.20. The lowest BCUT2D eigenvalue weighted by atomic mass is 9.95. The number of aryl methyl sites for hydroxylation is 2. The van der Waals surface area contributed by atoms with Crippen molar-refractivity contribution in [3.63, 3.8) is 0 Å². The fourth-order valence-electron chi connectivity index (χ4n) is 4.84. The number of amides is 1. The molecule has 2 aromatic carbocycles. The van der Waals surface area contributed by atoms with Gasteiger partial charge in [-0.1, -0.05) is 12.1 Å². The Labute approximate surface area is 212 Å². The summed E-state index contributed by atoms with van der Waals surface area (Å²) in [7, 11) is 0. The van der Waals surface area contributed by atoms with E-state index in [1.165, 1.54) is 13.0 Å². The summed E-state index contributed by atoms with van der Waals surface area (Å²) in [5, 5.41) is 6.00. The van der Waals surface area contributed by atoms with Crippen molar-refractivity contribution in [2.24, 2.45) is 0 Å². The maximum absolute atomic E-state index is 14.8.